The first-order valence-corrected chi connectivity index (χ1v) is 0.512. The average molecular weight is 59.8 g/mol. The third-order valence-corrected chi connectivity index (χ3v) is 0. The summed E-state index contributed by atoms with van der Waals surface area (Å²) in [6.45, 7) is 0. The second kappa shape index (κ2) is 9.60. The molecule has 4 heavy (non-hydrogen) atoms. The van der Waals surface area contributed by atoms with Gasteiger partial charge in [0.2, 0.25) is 7.85 Å². The molecule has 0 aromatic carbocycles. The predicted molar refractivity (Wildman–Crippen MR) is 11.4 cm³/mol. The van der Waals surface area contributed by atoms with Gasteiger partial charge in [-0.2, -0.15) is 0 Å². The SMILES string of the molecule is [B]C#N.[Na+]. The molecule has 2 radical (unpaired) electrons. The molecule has 12 valence electrons. The third kappa shape index (κ3) is 20.1. The van der Waals surface area contributed by atoms with E-state index in [0.29, 0.717) is 0 Å². The van der Waals surface area contributed by atoms with E-state index in [4.69, 9.17) is 5.26 Å². The smallest absolute Gasteiger partial charge is 0.214 e. The van der Waals surface area contributed by atoms with Gasteiger partial charge in [0.1, 0.15) is 0 Å². The standard InChI is InChI=1S/CBN.Na/c2-1-3;/q;+1. The van der Waals surface area contributed by atoms with E-state index in [2.05, 4.69) is 7.85 Å². The van der Waals surface area contributed by atoms with Crippen molar-refractivity contribution in [3.05, 3.63) is 0 Å². The van der Waals surface area contributed by atoms with E-state index in [1.807, 2.05) is 0 Å². The van der Waals surface area contributed by atoms with Crippen LogP contribution in [0.25, 0.3) is 0 Å². The molecule has 3 heteroatoms. The van der Waals surface area contributed by atoms with Gasteiger partial charge in [-0.15, -0.1) is 0 Å². The Kier molecular flexibility index (Phi) is 21.2. The van der Waals surface area contributed by atoms with Crippen molar-refractivity contribution in [2.24, 2.45) is 0 Å². The molecule has 0 saturated heterocycles. The van der Waals surface area contributed by atoms with Crippen LogP contribution in [0, 0.1) is 11.2 Å². The molecule has 0 fully saturated rings. The molecule has 0 unspecified atom stereocenters. The number of nitrogens with zero attached hydrogens (tertiary/aromatic N) is 1. The molecule has 0 N–H and O–H groups in total. The summed E-state index contributed by atoms with van der Waals surface area (Å²) >= 11 is 0. The summed E-state index contributed by atoms with van der Waals surface area (Å²) in [7, 11) is 4.15. The van der Waals surface area contributed by atoms with Gasteiger partial charge in [0.05, 0.1) is 0 Å². The van der Waals surface area contributed by atoms with E-state index in [0.717, 1.165) is 0 Å². The molecule has 0 saturated carbocycles. The van der Waals surface area contributed by atoms with E-state index < -0.39 is 0 Å². The number of nitriles is 1. The monoisotopic (exact) mass is 60.0 g/mol. The minimum Gasteiger partial charge on any atom is -0.214 e. The maximum absolute atomic E-state index is 7.10. The van der Waals surface area contributed by atoms with Crippen molar-refractivity contribution in [2.75, 3.05) is 0 Å². The summed E-state index contributed by atoms with van der Waals surface area (Å²) in [5.41, 5.74) is 0. The van der Waals surface area contributed by atoms with Gasteiger partial charge in [-0.3, -0.25) is 0 Å². The van der Waals surface area contributed by atoms with Gasteiger partial charge < -0.3 is 0 Å². The van der Waals surface area contributed by atoms with Gasteiger partial charge in [-0.05, 0) is 5.97 Å². The Hall–Kier alpha value is 0.555. The number of hydrogen-bond donors (Lipinski definition) is 0. The van der Waals surface area contributed by atoms with E-state index >= 15 is 0 Å². The largest absolute Gasteiger partial charge is 1.00 e. The number of hydrogen-bond acceptors (Lipinski definition) is 1. The van der Waals surface area contributed by atoms with Crippen LogP contribution in [0.5, 0.6) is 0 Å². The Morgan fingerprint density at radius 1 is 1.75 bits per heavy atom. The molecule has 0 aliphatic carbocycles. The van der Waals surface area contributed by atoms with Crippen molar-refractivity contribution >= 4 is 7.85 Å². The molecule has 0 heterocycles. The Morgan fingerprint density at radius 3 is 1.75 bits per heavy atom. The van der Waals surface area contributed by atoms with Gasteiger partial charge in [-0.25, -0.2) is 5.26 Å². The Morgan fingerprint density at radius 2 is 1.75 bits per heavy atom. The molecule has 0 atom stereocenters. The molecule has 0 aliphatic rings. The summed E-state index contributed by atoms with van der Waals surface area (Å²) in [6.07, 6.45) is 0. The Balaban J connectivity index is 0. The first-order chi connectivity index (χ1) is 1.41. The maximum Gasteiger partial charge on any atom is 1.00 e. The second-order valence-corrected chi connectivity index (χ2v) is 0.129. The molecular formula is CBNNa+. The summed E-state index contributed by atoms with van der Waals surface area (Å²) in [5, 5.41) is 7.10. The zero-order valence-electron chi connectivity index (χ0n) is 2.52. The topological polar surface area (TPSA) is 23.8 Å². The zero-order valence-corrected chi connectivity index (χ0v) is 4.52. The summed E-state index contributed by atoms with van der Waals surface area (Å²) < 4.78 is 0. The van der Waals surface area contributed by atoms with E-state index in [1.54, 1.807) is 0 Å². The Labute approximate surface area is 48.7 Å². The van der Waals surface area contributed by atoms with E-state index in [1.165, 1.54) is 5.97 Å². The van der Waals surface area contributed by atoms with Gasteiger partial charge in [0.15, 0.2) is 0 Å². The minimum absolute atomic E-state index is 0. The molecule has 0 amide bonds. The maximum atomic E-state index is 7.10. The molecule has 0 aromatic rings. The van der Waals surface area contributed by atoms with Crippen molar-refractivity contribution in [2.45, 2.75) is 0 Å². The fourth-order valence-corrected chi connectivity index (χ4v) is 0. The van der Waals surface area contributed by atoms with E-state index in [9.17, 15) is 0 Å². The molecule has 0 spiro atoms. The Bertz CT molecular complexity index is 29.5. The van der Waals surface area contributed by atoms with Crippen molar-refractivity contribution in [3.8, 4) is 5.97 Å². The van der Waals surface area contributed by atoms with Crippen LogP contribution in [0.1, 0.15) is 0 Å². The first kappa shape index (κ1) is 8.82. The van der Waals surface area contributed by atoms with Gasteiger partial charge in [0.25, 0.3) is 0 Å². The fourth-order valence-electron chi connectivity index (χ4n) is 0. The summed E-state index contributed by atoms with van der Waals surface area (Å²) in [4.78, 5) is 0. The molecular weight excluding hydrogens is 59.8 g/mol. The van der Waals surface area contributed by atoms with Crippen molar-refractivity contribution in [1.82, 2.24) is 0 Å². The van der Waals surface area contributed by atoms with Crippen LogP contribution >= 0.6 is 0 Å². The van der Waals surface area contributed by atoms with Crippen LogP contribution in [-0.4, -0.2) is 7.85 Å². The van der Waals surface area contributed by atoms with Crippen LogP contribution < -0.4 is 29.6 Å². The molecule has 0 aliphatic heterocycles. The first-order valence-electron chi connectivity index (χ1n) is 0.512. The predicted octanol–water partition coefficient (Wildman–Crippen LogP) is -3.36. The van der Waals surface area contributed by atoms with Gasteiger partial charge in [-0.1, -0.05) is 0 Å². The van der Waals surface area contributed by atoms with Crippen LogP contribution in [0.3, 0.4) is 0 Å². The number of rotatable bonds is 0. The van der Waals surface area contributed by atoms with Gasteiger partial charge >= 0.3 is 29.6 Å². The fraction of sp³-hybridized carbons (Fsp3) is 0. The average Bonchev–Trinajstić information content (AvgIpc) is 0.918. The normalized spacial score (nSPS) is 1.75. The molecule has 1 nitrogen and oxygen atoms in total. The van der Waals surface area contributed by atoms with E-state index in [-0.39, 0.29) is 29.6 Å². The second-order valence-electron chi connectivity index (χ2n) is 0.129. The van der Waals surface area contributed by atoms with Crippen LogP contribution in [0.2, 0.25) is 0 Å². The summed E-state index contributed by atoms with van der Waals surface area (Å²) in [5.74, 6) is 1.25. The molecule has 0 bridgehead atoms. The zero-order chi connectivity index (χ0) is 2.71. The van der Waals surface area contributed by atoms with Crippen molar-refractivity contribution in [3.63, 3.8) is 0 Å². The van der Waals surface area contributed by atoms with Crippen molar-refractivity contribution in [1.29, 1.82) is 5.26 Å². The molecule has 0 aromatic heterocycles. The third-order valence-electron chi connectivity index (χ3n) is 0. The van der Waals surface area contributed by atoms with Gasteiger partial charge in [0, 0.05) is 0 Å². The van der Waals surface area contributed by atoms with Crippen LogP contribution in [-0.2, 0) is 0 Å². The summed E-state index contributed by atoms with van der Waals surface area (Å²) in [6, 6.07) is 0. The minimum atomic E-state index is 0. The van der Waals surface area contributed by atoms with Crippen molar-refractivity contribution < 1.29 is 29.6 Å². The quantitative estimate of drug-likeness (QED) is 0.268. The van der Waals surface area contributed by atoms with Crippen LogP contribution in [0.15, 0.2) is 0 Å². The van der Waals surface area contributed by atoms with Crippen LogP contribution in [0.4, 0.5) is 0 Å². The molecule has 0 rings (SSSR count).